The zero-order chi connectivity index (χ0) is 16.8. The number of rotatable bonds is 6. The highest BCUT2D eigenvalue weighted by atomic mass is 32.2. The minimum atomic E-state index is -0.358. The molecule has 6 heteroatoms. The van der Waals surface area contributed by atoms with Crippen molar-refractivity contribution in [2.24, 2.45) is 0 Å². The molecule has 1 aliphatic rings. The van der Waals surface area contributed by atoms with Crippen LogP contribution in [0.2, 0.25) is 0 Å². The number of amides is 2. The van der Waals surface area contributed by atoms with E-state index in [-0.39, 0.29) is 11.1 Å². The number of imide groups is 1. The van der Waals surface area contributed by atoms with Crippen LogP contribution in [0.5, 0.6) is 11.5 Å². The largest absolute Gasteiger partial charge is 0.490 e. The third kappa shape index (κ3) is 4.39. The smallest absolute Gasteiger partial charge is 0.290 e. The third-order valence-electron chi connectivity index (χ3n) is 3.18. The first-order valence-corrected chi connectivity index (χ1v) is 8.18. The van der Waals surface area contributed by atoms with Gasteiger partial charge in [-0.15, -0.1) is 0 Å². The Hall–Kier alpha value is -2.73. The van der Waals surface area contributed by atoms with Crippen molar-refractivity contribution < 1.29 is 19.1 Å². The highest BCUT2D eigenvalue weighted by Crippen LogP contribution is 2.26. The zero-order valence-corrected chi connectivity index (χ0v) is 13.5. The van der Waals surface area contributed by atoms with Crippen molar-refractivity contribution in [1.82, 2.24) is 5.32 Å². The van der Waals surface area contributed by atoms with Crippen LogP contribution >= 0.6 is 11.8 Å². The third-order valence-corrected chi connectivity index (χ3v) is 3.99. The van der Waals surface area contributed by atoms with Gasteiger partial charge in [-0.1, -0.05) is 30.3 Å². The van der Waals surface area contributed by atoms with Crippen molar-refractivity contribution in [3.8, 4) is 11.5 Å². The predicted molar refractivity (Wildman–Crippen MR) is 93.0 cm³/mol. The summed E-state index contributed by atoms with van der Waals surface area (Å²) >= 11 is 0.901. The van der Waals surface area contributed by atoms with Crippen LogP contribution in [0.4, 0.5) is 4.79 Å². The summed E-state index contributed by atoms with van der Waals surface area (Å²) < 4.78 is 11.2. The number of para-hydroxylation sites is 1. The van der Waals surface area contributed by atoms with Gasteiger partial charge < -0.3 is 9.47 Å². The fourth-order valence-corrected chi connectivity index (χ4v) is 2.75. The fourth-order valence-electron chi connectivity index (χ4n) is 2.07. The van der Waals surface area contributed by atoms with Gasteiger partial charge in [-0.25, -0.2) is 0 Å². The first-order chi connectivity index (χ1) is 11.7. The monoisotopic (exact) mass is 341 g/mol. The molecule has 2 aromatic carbocycles. The second kappa shape index (κ2) is 7.70. The molecule has 1 N–H and O–H groups in total. The summed E-state index contributed by atoms with van der Waals surface area (Å²) in [6.07, 6.45) is 1.67. The van der Waals surface area contributed by atoms with Crippen molar-refractivity contribution in [1.29, 1.82) is 0 Å². The molecule has 2 aromatic rings. The van der Waals surface area contributed by atoms with E-state index in [1.54, 1.807) is 6.08 Å². The molecular weight excluding hydrogens is 326 g/mol. The van der Waals surface area contributed by atoms with Gasteiger partial charge in [-0.05, 0) is 47.7 Å². The first-order valence-electron chi connectivity index (χ1n) is 7.36. The van der Waals surface area contributed by atoms with Gasteiger partial charge in [0.1, 0.15) is 24.7 Å². The molecule has 0 bridgehead atoms. The van der Waals surface area contributed by atoms with Gasteiger partial charge in [0.25, 0.3) is 11.1 Å². The fraction of sp³-hybridized carbons (Fsp3) is 0.111. The van der Waals surface area contributed by atoms with Gasteiger partial charge in [0, 0.05) is 0 Å². The second-order valence-electron chi connectivity index (χ2n) is 4.93. The van der Waals surface area contributed by atoms with E-state index < -0.39 is 0 Å². The molecular formula is C18H15NO4S. The molecule has 0 spiro atoms. The Bertz CT molecular complexity index is 756. The van der Waals surface area contributed by atoms with E-state index in [0.717, 1.165) is 23.1 Å². The van der Waals surface area contributed by atoms with Gasteiger partial charge in [0.05, 0.1) is 4.91 Å². The molecule has 1 heterocycles. The molecule has 122 valence electrons. The van der Waals surface area contributed by atoms with E-state index in [0.29, 0.717) is 23.9 Å². The van der Waals surface area contributed by atoms with Crippen LogP contribution in [-0.2, 0) is 4.79 Å². The minimum Gasteiger partial charge on any atom is -0.490 e. The van der Waals surface area contributed by atoms with Gasteiger partial charge >= 0.3 is 0 Å². The van der Waals surface area contributed by atoms with E-state index in [2.05, 4.69) is 5.32 Å². The van der Waals surface area contributed by atoms with Crippen molar-refractivity contribution in [2.45, 2.75) is 0 Å². The highest BCUT2D eigenvalue weighted by molar-refractivity contribution is 8.18. The number of hydrogen-bond donors (Lipinski definition) is 1. The lowest BCUT2D eigenvalue weighted by molar-refractivity contribution is -0.115. The van der Waals surface area contributed by atoms with Crippen molar-refractivity contribution >= 4 is 29.0 Å². The van der Waals surface area contributed by atoms with Crippen LogP contribution in [0.3, 0.4) is 0 Å². The van der Waals surface area contributed by atoms with E-state index in [1.165, 1.54) is 0 Å². The molecule has 24 heavy (non-hydrogen) atoms. The maximum atomic E-state index is 11.5. The lowest BCUT2D eigenvalue weighted by Gasteiger charge is -2.08. The Morgan fingerprint density at radius 2 is 1.50 bits per heavy atom. The predicted octanol–water partition coefficient (Wildman–Crippen LogP) is 3.47. The van der Waals surface area contributed by atoms with Crippen molar-refractivity contribution in [3.05, 3.63) is 65.1 Å². The molecule has 0 unspecified atom stereocenters. The average molecular weight is 341 g/mol. The Kier molecular flexibility index (Phi) is 5.18. The van der Waals surface area contributed by atoms with Crippen LogP contribution in [0.25, 0.3) is 6.08 Å². The first kappa shape index (κ1) is 16.1. The van der Waals surface area contributed by atoms with Crippen LogP contribution in [0.15, 0.2) is 59.5 Å². The van der Waals surface area contributed by atoms with Gasteiger partial charge in [0.15, 0.2) is 0 Å². The number of hydrogen-bond acceptors (Lipinski definition) is 5. The molecule has 0 aliphatic carbocycles. The van der Waals surface area contributed by atoms with E-state index >= 15 is 0 Å². The second-order valence-corrected chi connectivity index (χ2v) is 5.95. The standard InChI is InChI=1S/C18H15NO4S/c20-17-16(24-18(21)19-17)12-13-6-8-15(9-7-13)23-11-10-22-14-4-2-1-3-5-14/h1-9,12H,10-11H2,(H,19,20,21). The van der Waals surface area contributed by atoms with Gasteiger partial charge in [0.2, 0.25) is 0 Å². The number of thioether (sulfide) groups is 1. The van der Waals surface area contributed by atoms with E-state index in [4.69, 9.17) is 9.47 Å². The molecule has 0 radical (unpaired) electrons. The lowest BCUT2D eigenvalue weighted by Crippen LogP contribution is -2.17. The summed E-state index contributed by atoms with van der Waals surface area (Å²) in [5.41, 5.74) is 0.829. The molecule has 1 fully saturated rings. The lowest BCUT2D eigenvalue weighted by atomic mass is 10.2. The number of carbonyl (C=O) groups excluding carboxylic acids is 2. The topological polar surface area (TPSA) is 64.6 Å². The molecule has 1 saturated heterocycles. The van der Waals surface area contributed by atoms with Crippen LogP contribution in [-0.4, -0.2) is 24.4 Å². The Labute approximate surface area is 143 Å². The summed E-state index contributed by atoms with van der Waals surface area (Å²) in [4.78, 5) is 23.0. The molecule has 0 saturated carbocycles. The maximum Gasteiger partial charge on any atom is 0.290 e. The number of ether oxygens (including phenoxy) is 2. The molecule has 2 amide bonds. The summed E-state index contributed by atoms with van der Waals surface area (Å²) in [6.45, 7) is 0.886. The zero-order valence-electron chi connectivity index (χ0n) is 12.7. The molecule has 3 rings (SSSR count). The Balaban J connectivity index is 1.49. The number of benzene rings is 2. The summed E-state index contributed by atoms with van der Waals surface area (Å²) in [7, 11) is 0. The van der Waals surface area contributed by atoms with Gasteiger partial charge in [-0.3, -0.25) is 14.9 Å². The maximum absolute atomic E-state index is 11.5. The normalized spacial score (nSPS) is 15.4. The molecule has 0 aromatic heterocycles. The average Bonchev–Trinajstić information content (AvgIpc) is 2.91. The van der Waals surface area contributed by atoms with Crippen molar-refractivity contribution in [2.75, 3.05) is 13.2 Å². The minimum absolute atomic E-state index is 0.343. The summed E-state index contributed by atoms with van der Waals surface area (Å²) in [6, 6.07) is 16.8. The van der Waals surface area contributed by atoms with Crippen LogP contribution in [0, 0.1) is 0 Å². The van der Waals surface area contributed by atoms with Crippen LogP contribution in [0.1, 0.15) is 5.56 Å². The van der Waals surface area contributed by atoms with Crippen molar-refractivity contribution in [3.63, 3.8) is 0 Å². The van der Waals surface area contributed by atoms with Crippen LogP contribution < -0.4 is 14.8 Å². The Morgan fingerprint density at radius 3 is 2.08 bits per heavy atom. The highest BCUT2D eigenvalue weighted by Gasteiger charge is 2.24. The molecule has 0 atom stereocenters. The summed E-state index contributed by atoms with van der Waals surface area (Å²) in [5, 5.41) is 1.88. The number of carbonyl (C=O) groups is 2. The molecule has 1 aliphatic heterocycles. The van der Waals surface area contributed by atoms with Gasteiger partial charge in [-0.2, -0.15) is 0 Å². The van der Waals surface area contributed by atoms with E-state index in [1.807, 2.05) is 54.6 Å². The Morgan fingerprint density at radius 1 is 0.875 bits per heavy atom. The summed E-state index contributed by atoms with van der Waals surface area (Å²) in [5.74, 6) is 1.17. The SMILES string of the molecule is O=C1NC(=O)C(=Cc2ccc(OCCOc3ccccc3)cc2)S1. The molecule has 5 nitrogen and oxygen atoms in total. The quantitative estimate of drug-likeness (QED) is 0.644. The number of nitrogens with one attached hydrogen (secondary N) is 1. The van der Waals surface area contributed by atoms with E-state index in [9.17, 15) is 9.59 Å².